The molecule has 1 aromatic rings. The van der Waals surface area contributed by atoms with Crippen molar-refractivity contribution in [2.45, 2.75) is 67.0 Å². The zero-order valence-electron chi connectivity index (χ0n) is 13.0. The summed E-state index contributed by atoms with van der Waals surface area (Å²) in [6, 6.07) is 6.77. The van der Waals surface area contributed by atoms with Crippen molar-refractivity contribution >= 4 is 12.2 Å². The van der Waals surface area contributed by atoms with Crippen molar-refractivity contribution in [3.05, 3.63) is 29.3 Å². The van der Waals surface area contributed by atoms with Gasteiger partial charge < -0.3 is 0 Å². The van der Waals surface area contributed by atoms with E-state index in [0.717, 1.165) is 0 Å². The SMILES string of the molecule is CB(C)c1c(C(C)C)cccc1C(C)C.CC. The molecule has 0 aromatic heterocycles. The number of benzene rings is 1. The highest BCUT2D eigenvalue weighted by molar-refractivity contribution is 6.71. The van der Waals surface area contributed by atoms with Gasteiger partial charge in [-0.2, -0.15) is 0 Å². The maximum atomic E-state index is 2.30. The predicted octanol–water partition coefficient (Wildman–Crippen LogP) is 4.92. The molecule has 0 aliphatic rings. The smallest absolute Gasteiger partial charge is 0.0819 e. The average Bonchev–Trinajstić information content (AvgIpc) is 2.30. The van der Waals surface area contributed by atoms with E-state index in [1.165, 1.54) is 11.1 Å². The minimum Gasteiger partial charge on any atom is -0.0819 e. The monoisotopic (exact) mass is 232 g/mol. The highest BCUT2D eigenvalue weighted by Gasteiger charge is 2.17. The second-order valence-electron chi connectivity index (χ2n) is 5.31. The summed E-state index contributed by atoms with van der Waals surface area (Å²) in [4.78, 5) is 0. The summed E-state index contributed by atoms with van der Waals surface area (Å²) < 4.78 is 0. The maximum absolute atomic E-state index is 2.30. The standard InChI is InChI=1S/C14H23B.C2H6/c1-10(2)12-8-7-9-13(11(3)4)14(12)15(5)6;1-2/h7-11H,1-6H3;1-2H3. The summed E-state index contributed by atoms with van der Waals surface area (Å²) in [5.74, 6) is 1.25. The van der Waals surface area contributed by atoms with E-state index in [1.54, 1.807) is 5.46 Å². The van der Waals surface area contributed by atoms with Crippen LogP contribution in [0.5, 0.6) is 0 Å². The predicted molar refractivity (Wildman–Crippen MR) is 83.1 cm³/mol. The third-order valence-electron chi connectivity index (χ3n) is 2.99. The Hall–Kier alpha value is -0.715. The highest BCUT2D eigenvalue weighted by Crippen LogP contribution is 2.19. The van der Waals surface area contributed by atoms with E-state index in [1.807, 2.05) is 13.8 Å². The van der Waals surface area contributed by atoms with Crippen LogP contribution in [0.2, 0.25) is 13.6 Å². The molecule has 0 bridgehead atoms. The van der Waals surface area contributed by atoms with E-state index in [-0.39, 0.29) is 0 Å². The lowest BCUT2D eigenvalue weighted by atomic mass is 9.46. The molecule has 1 aromatic carbocycles. The molecule has 0 fully saturated rings. The van der Waals surface area contributed by atoms with Crippen LogP contribution in [0, 0.1) is 0 Å². The van der Waals surface area contributed by atoms with Crippen LogP contribution in [-0.2, 0) is 0 Å². The quantitative estimate of drug-likeness (QED) is 0.649. The van der Waals surface area contributed by atoms with Crippen LogP contribution in [0.4, 0.5) is 0 Å². The maximum Gasteiger partial charge on any atom is 0.170 e. The molecule has 0 radical (unpaired) electrons. The third kappa shape index (κ3) is 4.22. The second kappa shape index (κ2) is 7.58. The zero-order chi connectivity index (χ0) is 13.6. The van der Waals surface area contributed by atoms with Gasteiger partial charge in [0.2, 0.25) is 0 Å². The lowest BCUT2D eigenvalue weighted by Gasteiger charge is -2.21. The van der Waals surface area contributed by atoms with E-state index in [9.17, 15) is 0 Å². The van der Waals surface area contributed by atoms with E-state index >= 15 is 0 Å². The van der Waals surface area contributed by atoms with Crippen molar-refractivity contribution in [2.75, 3.05) is 0 Å². The molecule has 0 atom stereocenters. The van der Waals surface area contributed by atoms with Crippen molar-refractivity contribution in [3.63, 3.8) is 0 Å². The second-order valence-corrected chi connectivity index (χ2v) is 5.31. The van der Waals surface area contributed by atoms with Crippen LogP contribution >= 0.6 is 0 Å². The third-order valence-corrected chi connectivity index (χ3v) is 2.99. The summed E-state index contributed by atoms with van der Waals surface area (Å²) in [5.41, 5.74) is 4.62. The summed E-state index contributed by atoms with van der Waals surface area (Å²) in [5, 5.41) is 0. The summed E-state index contributed by atoms with van der Waals surface area (Å²) >= 11 is 0. The summed E-state index contributed by atoms with van der Waals surface area (Å²) in [6.45, 7) is 18.4. The normalized spacial score (nSPS) is 10.2. The van der Waals surface area contributed by atoms with Gasteiger partial charge in [0.1, 0.15) is 0 Å². The van der Waals surface area contributed by atoms with Crippen molar-refractivity contribution < 1.29 is 0 Å². The minimum atomic E-state index is 0.626. The first-order valence-electron chi connectivity index (χ1n) is 7.07. The molecule has 0 spiro atoms. The molecule has 0 aliphatic carbocycles. The molecule has 0 N–H and O–H groups in total. The van der Waals surface area contributed by atoms with Gasteiger partial charge in [-0.3, -0.25) is 0 Å². The van der Waals surface area contributed by atoms with Crippen molar-refractivity contribution in [2.24, 2.45) is 0 Å². The molecule has 1 heteroatoms. The van der Waals surface area contributed by atoms with E-state index in [0.29, 0.717) is 18.5 Å². The summed E-state index contributed by atoms with van der Waals surface area (Å²) in [7, 11) is 0. The first-order chi connectivity index (χ1) is 7.95. The molecule has 0 amide bonds. The average molecular weight is 232 g/mol. The van der Waals surface area contributed by atoms with Crippen LogP contribution < -0.4 is 5.46 Å². The number of rotatable bonds is 3. The fourth-order valence-corrected chi connectivity index (χ4v) is 2.28. The Labute approximate surface area is 109 Å². The van der Waals surface area contributed by atoms with E-state index < -0.39 is 0 Å². The molecule has 1 rings (SSSR count). The van der Waals surface area contributed by atoms with Gasteiger partial charge in [0.05, 0.1) is 0 Å². The Morgan fingerprint density at radius 1 is 0.824 bits per heavy atom. The molecular formula is C16H29B. The van der Waals surface area contributed by atoms with Crippen LogP contribution in [0.15, 0.2) is 18.2 Å². The van der Waals surface area contributed by atoms with Gasteiger partial charge in [-0.1, -0.05) is 90.0 Å². The van der Waals surface area contributed by atoms with Gasteiger partial charge in [-0.15, -0.1) is 0 Å². The first kappa shape index (κ1) is 16.3. The zero-order valence-corrected chi connectivity index (χ0v) is 13.0. The van der Waals surface area contributed by atoms with Crippen LogP contribution in [0.3, 0.4) is 0 Å². The minimum absolute atomic E-state index is 0.626. The topological polar surface area (TPSA) is 0 Å². The van der Waals surface area contributed by atoms with E-state index in [2.05, 4.69) is 59.5 Å². The lowest BCUT2D eigenvalue weighted by Crippen LogP contribution is -2.31. The van der Waals surface area contributed by atoms with Crippen molar-refractivity contribution in [3.8, 4) is 0 Å². The van der Waals surface area contributed by atoms with Gasteiger partial charge in [0.25, 0.3) is 0 Å². The fraction of sp³-hybridized carbons (Fsp3) is 0.625. The van der Waals surface area contributed by atoms with Gasteiger partial charge in [-0.25, -0.2) is 0 Å². The number of hydrogen-bond acceptors (Lipinski definition) is 0. The lowest BCUT2D eigenvalue weighted by molar-refractivity contribution is 0.844. The Kier molecular flexibility index (Phi) is 7.26. The highest BCUT2D eigenvalue weighted by atomic mass is 14.1. The van der Waals surface area contributed by atoms with Crippen molar-refractivity contribution in [1.29, 1.82) is 0 Å². The molecule has 0 saturated carbocycles. The van der Waals surface area contributed by atoms with Gasteiger partial charge in [0.15, 0.2) is 6.71 Å². The Morgan fingerprint density at radius 3 is 1.41 bits per heavy atom. The van der Waals surface area contributed by atoms with Crippen LogP contribution in [-0.4, -0.2) is 6.71 Å². The summed E-state index contributed by atoms with van der Waals surface area (Å²) in [6.07, 6.45) is 0. The molecule has 17 heavy (non-hydrogen) atoms. The Bertz CT molecular complexity index is 298. The van der Waals surface area contributed by atoms with Gasteiger partial charge in [0, 0.05) is 0 Å². The molecule has 0 unspecified atom stereocenters. The molecule has 0 aliphatic heterocycles. The molecule has 96 valence electrons. The van der Waals surface area contributed by atoms with E-state index in [4.69, 9.17) is 0 Å². The Balaban J connectivity index is 0.00000121. The number of hydrogen-bond donors (Lipinski definition) is 0. The van der Waals surface area contributed by atoms with Crippen LogP contribution in [0.25, 0.3) is 0 Å². The van der Waals surface area contributed by atoms with Crippen LogP contribution in [0.1, 0.15) is 64.5 Å². The first-order valence-corrected chi connectivity index (χ1v) is 7.07. The van der Waals surface area contributed by atoms with Gasteiger partial charge >= 0.3 is 0 Å². The molecule has 0 saturated heterocycles. The molecular weight excluding hydrogens is 203 g/mol. The van der Waals surface area contributed by atoms with Crippen molar-refractivity contribution in [1.82, 2.24) is 0 Å². The molecule has 0 nitrogen and oxygen atoms in total. The fourth-order valence-electron chi connectivity index (χ4n) is 2.28. The Morgan fingerprint density at radius 2 is 1.18 bits per heavy atom. The largest absolute Gasteiger partial charge is 0.170 e. The van der Waals surface area contributed by atoms with Gasteiger partial charge in [-0.05, 0) is 11.8 Å². The molecule has 0 heterocycles.